The van der Waals surface area contributed by atoms with Crippen molar-refractivity contribution in [2.24, 2.45) is 0 Å². The Labute approximate surface area is 289 Å². The van der Waals surface area contributed by atoms with Gasteiger partial charge in [0.05, 0.1) is 22.4 Å². The molecule has 0 amide bonds. The van der Waals surface area contributed by atoms with Gasteiger partial charge in [-0.25, -0.2) is 9.97 Å². The van der Waals surface area contributed by atoms with Crippen molar-refractivity contribution < 1.29 is 0 Å². The predicted octanol–water partition coefficient (Wildman–Crippen LogP) is 11.4. The van der Waals surface area contributed by atoms with Crippen LogP contribution >= 0.6 is 0 Å². The van der Waals surface area contributed by atoms with Crippen molar-refractivity contribution in [2.45, 2.75) is 0 Å². The van der Waals surface area contributed by atoms with Crippen LogP contribution in [0.4, 0.5) is 17.3 Å². The SMILES string of the molecule is c1ccc(-c2ncnc(N3c4ccccc4-c4ccc(-c5ccc6c(c5)c5ccccc5n6-c5ccccc5)cc4-c4ccccc43)n2)cc1. The lowest BCUT2D eigenvalue weighted by Crippen LogP contribution is -2.14. The van der Waals surface area contributed by atoms with E-state index in [1.807, 2.05) is 30.3 Å². The average molecular weight is 640 g/mol. The molecule has 0 fully saturated rings. The van der Waals surface area contributed by atoms with Crippen LogP contribution in [0.3, 0.4) is 0 Å². The van der Waals surface area contributed by atoms with E-state index in [0.29, 0.717) is 11.8 Å². The second-order valence-corrected chi connectivity index (χ2v) is 12.5. The molecule has 234 valence electrons. The van der Waals surface area contributed by atoms with E-state index >= 15 is 0 Å². The van der Waals surface area contributed by atoms with Crippen molar-refractivity contribution in [1.29, 1.82) is 0 Å². The molecule has 10 rings (SSSR count). The van der Waals surface area contributed by atoms with Crippen molar-refractivity contribution >= 4 is 39.1 Å². The molecule has 9 aromatic rings. The molecule has 0 radical (unpaired) electrons. The van der Waals surface area contributed by atoms with Crippen LogP contribution in [0, 0.1) is 0 Å². The number of aromatic nitrogens is 4. The van der Waals surface area contributed by atoms with Gasteiger partial charge in [0.1, 0.15) is 6.33 Å². The Kier molecular flexibility index (Phi) is 6.42. The largest absolute Gasteiger partial charge is 0.309 e. The van der Waals surface area contributed by atoms with E-state index in [9.17, 15) is 0 Å². The lowest BCUT2D eigenvalue weighted by Gasteiger charge is -2.25. The average Bonchev–Trinajstić information content (AvgIpc) is 3.46. The Hall–Kier alpha value is -6.85. The minimum Gasteiger partial charge on any atom is -0.309 e. The Balaban J connectivity index is 1.16. The van der Waals surface area contributed by atoms with E-state index in [0.717, 1.165) is 44.9 Å². The van der Waals surface area contributed by atoms with Gasteiger partial charge in [0.15, 0.2) is 5.82 Å². The summed E-state index contributed by atoms with van der Waals surface area (Å²) in [5, 5.41) is 2.47. The van der Waals surface area contributed by atoms with E-state index in [1.165, 1.54) is 32.9 Å². The molecule has 0 aliphatic carbocycles. The molecular formula is C45H29N5. The maximum atomic E-state index is 5.01. The monoisotopic (exact) mass is 639 g/mol. The number of nitrogens with zero attached hydrogens (tertiary/aromatic N) is 5. The standard InChI is InChI=1S/C45H29N5/c1-3-13-30(14-4-1)44-46-29-47-45(48-44)50-41-21-11-7-17-35(41)34-25-23-31(27-38(34)36-18-8-12-22-42(36)50)32-24-26-43-39(28-32)37-19-9-10-20-40(37)49(43)33-15-5-2-6-16-33/h1-29H. The van der Waals surface area contributed by atoms with Crippen LogP contribution in [-0.4, -0.2) is 19.5 Å². The maximum absolute atomic E-state index is 5.01. The summed E-state index contributed by atoms with van der Waals surface area (Å²) in [6, 6.07) is 60.1. The van der Waals surface area contributed by atoms with Gasteiger partial charge in [0, 0.05) is 33.2 Å². The van der Waals surface area contributed by atoms with E-state index in [4.69, 9.17) is 9.97 Å². The quantitative estimate of drug-likeness (QED) is 0.192. The second-order valence-electron chi connectivity index (χ2n) is 12.5. The third-order valence-electron chi connectivity index (χ3n) is 9.70. The van der Waals surface area contributed by atoms with Crippen molar-refractivity contribution in [3.63, 3.8) is 0 Å². The van der Waals surface area contributed by atoms with Gasteiger partial charge in [0.2, 0.25) is 5.95 Å². The molecular weight excluding hydrogens is 611 g/mol. The molecule has 5 heteroatoms. The molecule has 1 aliphatic heterocycles. The van der Waals surface area contributed by atoms with Crippen molar-refractivity contribution in [1.82, 2.24) is 19.5 Å². The first-order chi connectivity index (χ1) is 24.8. The highest BCUT2D eigenvalue weighted by atomic mass is 15.3. The molecule has 1 aliphatic rings. The van der Waals surface area contributed by atoms with Gasteiger partial charge in [-0.05, 0) is 70.8 Å². The molecule has 0 unspecified atom stereocenters. The topological polar surface area (TPSA) is 46.8 Å². The molecule has 2 aromatic heterocycles. The maximum Gasteiger partial charge on any atom is 0.238 e. The molecule has 50 heavy (non-hydrogen) atoms. The molecule has 0 saturated heterocycles. The fourth-order valence-corrected chi connectivity index (χ4v) is 7.45. The second kappa shape index (κ2) is 11.4. The van der Waals surface area contributed by atoms with E-state index in [-0.39, 0.29) is 0 Å². The smallest absolute Gasteiger partial charge is 0.238 e. The van der Waals surface area contributed by atoms with E-state index in [1.54, 1.807) is 6.33 Å². The van der Waals surface area contributed by atoms with Crippen molar-refractivity contribution in [2.75, 3.05) is 4.90 Å². The molecule has 5 nitrogen and oxygen atoms in total. The zero-order chi connectivity index (χ0) is 33.0. The molecule has 0 bridgehead atoms. The van der Waals surface area contributed by atoms with Crippen molar-refractivity contribution in [3.8, 4) is 50.5 Å². The van der Waals surface area contributed by atoms with Crippen LogP contribution in [0.1, 0.15) is 0 Å². The number of para-hydroxylation sites is 4. The fourth-order valence-electron chi connectivity index (χ4n) is 7.45. The Bertz CT molecular complexity index is 2710. The summed E-state index contributed by atoms with van der Waals surface area (Å²) in [6.07, 6.45) is 1.61. The van der Waals surface area contributed by atoms with Crippen LogP contribution in [0.5, 0.6) is 0 Å². The minimum atomic E-state index is 0.576. The summed E-state index contributed by atoms with van der Waals surface area (Å²) < 4.78 is 2.36. The van der Waals surface area contributed by atoms with Crippen LogP contribution in [0.15, 0.2) is 176 Å². The molecule has 0 N–H and O–H groups in total. The third-order valence-corrected chi connectivity index (χ3v) is 9.70. The number of fused-ring (bicyclic) bond motifs is 8. The predicted molar refractivity (Wildman–Crippen MR) is 204 cm³/mol. The van der Waals surface area contributed by atoms with E-state index in [2.05, 4.69) is 154 Å². The summed E-state index contributed by atoms with van der Waals surface area (Å²) in [5.41, 5.74) is 13.4. The Morgan fingerprint density at radius 1 is 0.400 bits per heavy atom. The van der Waals surface area contributed by atoms with Gasteiger partial charge in [-0.15, -0.1) is 0 Å². The van der Waals surface area contributed by atoms with Gasteiger partial charge in [-0.2, -0.15) is 4.98 Å². The van der Waals surface area contributed by atoms with Crippen LogP contribution in [-0.2, 0) is 0 Å². The van der Waals surface area contributed by atoms with Gasteiger partial charge in [-0.1, -0.05) is 121 Å². The minimum absolute atomic E-state index is 0.576. The molecule has 7 aromatic carbocycles. The summed E-state index contributed by atoms with van der Waals surface area (Å²) >= 11 is 0. The normalized spacial score (nSPS) is 12.0. The summed E-state index contributed by atoms with van der Waals surface area (Å²) in [6.45, 7) is 0. The fraction of sp³-hybridized carbons (Fsp3) is 0. The first-order valence-electron chi connectivity index (χ1n) is 16.8. The molecule has 0 spiro atoms. The molecule has 0 saturated carbocycles. The third kappa shape index (κ3) is 4.45. The highest BCUT2D eigenvalue weighted by Gasteiger charge is 2.28. The van der Waals surface area contributed by atoms with Gasteiger partial charge < -0.3 is 4.57 Å². The van der Waals surface area contributed by atoms with Crippen LogP contribution in [0.25, 0.3) is 72.3 Å². The zero-order valence-electron chi connectivity index (χ0n) is 27.0. The lowest BCUT2D eigenvalue weighted by molar-refractivity contribution is 1.02. The summed E-state index contributed by atoms with van der Waals surface area (Å²) in [4.78, 5) is 16.5. The highest BCUT2D eigenvalue weighted by Crippen LogP contribution is 2.50. The van der Waals surface area contributed by atoms with Crippen molar-refractivity contribution in [3.05, 3.63) is 176 Å². The molecule has 0 atom stereocenters. The number of benzene rings is 7. The van der Waals surface area contributed by atoms with Gasteiger partial charge in [-0.3, -0.25) is 4.90 Å². The van der Waals surface area contributed by atoms with Gasteiger partial charge >= 0.3 is 0 Å². The summed E-state index contributed by atoms with van der Waals surface area (Å²) in [5.74, 6) is 1.21. The van der Waals surface area contributed by atoms with Crippen LogP contribution < -0.4 is 4.90 Å². The molecule has 3 heterocycles. The van der Waals surface area contributed by atoms with E-state index < -0.39 is 0 Å². The van der Waals surface area contributed by atoms with Crippen LogP contribution in [0.2, 0.25) is 0 Å². The number of hydrogen-bond donors (Lipinski definition) is 0. The Morgan fingerprint density at radius 3 is 1.82 bits per heavy atom. The first-order valence-corrected chi connectivity index (χ1v) is 16.8. The highest BCUT2D eigenvalue weighted by molar-refractivity contribution is 6.11. The Morgan fingerprint density at radius 2 is 1.02 bits per heavy atom. The number of anilines is 3. The lowest BCUT2D eigenvalue weighted by atomic mass is 9.91. The van der Waals surface area contributed by atoms with Gasteiger partial charge in [0.25, 0.3) is 0 Å². The first kappa shape index (κ1) is 28.2. The number of hydrogen-bond acceptors (Lipinski definition) is 4. The zero-order valence-corrected chi connectivity index (χ0v) is 27.0. The summed E-state index contributed by atoms with van der Waals surface area (Å²) in [7, 11) is 0. The number of rotatable bonds is 4.